The van der Waals surface area contributed by atoms with E-state index in [1.54, 1.807) is 6.92 Å². The highest BCUT2D eigenvalue weighted by molar-refractivity contribution is 7.91. The smallest absolute Gasteiger partial charge is 0.267 e. The van der Waals surface area contributed by atoms with Crippen molar-refractivity contribution in [2.45, 2.75) is 19.4 Å². The van der Waals surface area contributed by atoms with Crippen LogP contribution >= 0.6 is 11.6 Å². The van der Waals surface area contributed by atoms with E-state index in [0.717, 1.165) is 0 Å². The molecular weight excluding hydrogens is 383 g/mol. The number of rotatable bonds is 4. The van der Waals surface area contributed by atoms with Crippen molar-refractivity contribution >= 4 is 33.6 Å². The molecule has 0 spiro atoms. The number of benzene rings is 1. The Balaban J connectivity index is 1.73. The van der Waals surface area contributed by atoms with E-state index in [1.165, 1.54) is 35.2 Å². The van der Waals surface area contributed by atoms with Gasteiger partial charge in [-0.25, -0.2) is 22.9 Å². The van der Waals surface area contributed by atoms with Crippen LogP contribution in [0.25, 0.3) is 0 Å². The highest BCUT2D eigenvalue weighted by atomic mass is 35.5. The van der Waals surface area contributed by atoms with Crippen molar-refractivity contribution in [1.29, 1.82) is 0 Å². The lowest BCUT2D eigenvalue weighted by molar-refractivity contribution is 0.0955. The number of aryl methyl sites for hydroxylation is 1. The molecule has 1 atom stereocenters. The van der Waals surface area contributed by atoms with Crippen molar-refractivity contribution in [2.24, 2.45) is 5.10 Å². The monoisotopic (exact) mass is 398 g/mol. The van der Waals surface area contributed by atoms with Crippen LogP contribution in [0.4, 0.5) is 4.39 Å². The molecule has 1 aromatic heterocycles. The molecule has 0 unspecified atom stereocenters. The first-order chi connectivity index (χ1) is 12.3. The molecule has 1 N–H and O–H groups in total. The van der Waals surface area contributed by atoms with Gasteiger partial charge in [0.1, 0.15) is 11.0 Å². The van der Waals surface area contributed by atoms with Crippen LogP contribution in [-0.2, 0) is 9.84 Å². The average Bonchev–Trinajstić information content (AvgIpc) is 3.08. The van der Waals surface area contributed by atoms with Crippen LogP contribution in [0.2, 0.25) is 5.15 Å². The van der Waals surface area contributed by atoms with Gasteiger partial charge in [0.15, 0.2) is 9.84 Å². The number of nitrogens with zero attached hydrogens (tertiary/aromatic N) is 3. The van der Waals surface area contributed by atoms with Gasteiger partial charge in [-0.2, -0.15) is 10.2 Å². The molecule has 1 saturated heterocycles. The Kier molecular flexibility index (Phi) is 5.10. The van der Waals surface area contributed by atoms with E-state index < -0.39 is 21.6 Å². The van der Waals surface area contributed by atoms with Gasteiger partial charge >= 0.3 is 0 Å². The van der Waals surface area contributed by atoms with Gasteiger partial charge in [0.2, 0.25) is 0 Å². The van der Waals surface area contributed by atoms with Gasteiger partial charge in [-0.15, -0.1) is 0 Å². The fourth-order valence-electron chi connectivity index (χ4n) is 2.71. The Labute approximate surface area is 154 Å². The number of halogens is 2. The van der Waals surface area contributed by atoms with Crippen molar-refractivity contribution in [3.05, 3.63) is 52.1 Å². The summed E-state index contributed by atoms with van der Waals surface area (Å²) in [6.45, 7) is 1.72. The molecule has 10 heteroatoms. The molecule has 1 aliphatic rings. The molecule has 26 heavy (non-hydrogen) atoms. The fraction of sp³-hybridized carbons (Fsp3) is 0.312. The zero-order chi connectivity index (χ0) is 18.9. The van der Waals surface area contributed by atoms with Gasteiger partial charge in [-0.1, -0.05) is 11.6 Å². The summed E-state index contributed by atoms with van der Waals surface area (Å²) in [5.74, 6) is -0.812. The minimum atomic E-state index is -3.06. The maximum atomic E-state index is 12.9. The molecule has 138 valence electrons. The summed E-state index contributed by atoms with van der Waals surface area (Å²) in [6, 6.07) is 4.74. The molecular formula is C16H16ClFN4O3S. The topological polar surface area (TPSA) is 93.4 Å². The Morgan fingerprint density at radius 2 is 2.12 bits per heavy atom. The maximum Gasteiger partial charge on any atom is 0.271 e. The van der Waals surface area contributed by atoms with Crippen LogP contribution in [0.1, 0.15) is 34.1 Å². The first-order valence-corrected chi connectivity index (χ1v) is 10.0. The zero-order valence-corrected chi connectivity index (χ0v) is 15.4. The predicted octanol–water partition coefficient (Wildman–Crippen LogP) is 2.11. The second-order valence-corrected chi connectivity index (χ2v) is 8.58. The van der Waals surface area contributed by atoms with E-state index in [2.05, 4.69) is 15.6 Å². The first kappa shape index (κ1) is 18.5. The summed E-state index contributed by atoms with van der Waals surface area (Å²) in [5.41, 5.74) is 3.66. The largest absolute Gasteiger partial charge is 0.271 e. The van der Waals surface area contributed by atoms with Gasteiger partial charge in [-0.3, -0.25) is 4.79 Å². The van der Waals surface area contributed by atoms with Gasteiger partial charge in [-0.05, 0) is 37.6 Å². The second kappa shape index (κ2) is 7.16. The number of carbonyl (C=O) groups is 1. The number of amides is 1. The Bertz CT molecular complexity index is 970. The number of hydrogen-bond donors (Lipinski definition) is 1. The Morgan fingerprint density at radius 1 is 1.42 bits per heavy atom. The SMILES string of the molecule is Cc1nn([C@H]2CCS(=O)(=O)C2)c(Cl)c1/C=N\NC(=O)c1ccc(F)cc1. The quantitative estimate of drug-likeness (QED) is 0.630. The van der Waals surface area contributed by atoms with Crippen LogP contribution in [0, 0.1) is 12.7 Å². The summed E-state index contributed by atoms with van der Waals surface area (Å²) in [5, 5.41) is 8.42. The summed E-state index contributed by atoms with van der Waals surface area (Å²) >= 11 is 6.31. The van der Waals surface area contributed by atoms with Gasteiger partial charge in [0.05, 0.1) is 35.0 Å². The third-order valence-corrected chi connectivity index (χ3v) is 6.22. The molecule has 2 heterocycles. The van der Waals surface area contributed by atoms with Crippen molar-refractivity contribution in [3.8, 4) is 0 Å². The molecule has 0 radical (unpaired) electrons. The van der Waals surface area contributed by atoms with E-state index >= 15 is 0 Å². The van der Waals surface area contributed by atoms with Gasteiger partial charge in [0.25, 0.3) is 5.91 Å². The summed E-state index contributed by atoms with van der Waals surface area (Å²) < 4.78 is 37.6. The average molecular weight is 399 g/mol. The lowest BCUT2D eigenvalue weighted by Crippen LogP contribution is -2.17. The molecule has 0 aliphatic carbocycles. The van der Waals surface area contributed by atoms with Crippen molar-refractivity contribution in [3.63, 3.8) is 0 Å². The van der Waals surface area contributed by atoms with E-state index in [-0.39, 0.29) is 28.3 Å². The number of hydrazone groups is 1. The van der Waals surface area contributed by atoms with Gasteiger partial charge in [0, 0.05) is 5.56 Å². The number of hydrogen-bond acceptors (Lipinski definition) is 5. The van der Waals surface area contributed by atoms with Crippen LogP contribution in [-0.4, -0.2) is 41.8 Å². The highest BCUT2D eigenvalue weighted by Crippen LogP contribution is 2.29. The molecule has 2 aromatic rings. The Hall–Kier alpha value is -2.26. The van der Waals surface area contributed by atoms with Crippen LogP contribution in [0.5, 0.6) is 0 Å². The first-order valence-electron chi connectivity index (χ1n) is 7.81. The molecule has 1 aromatic carbocycles. The van der Waals surface area contributed by atoms with E-state index in [9.17, 15) is 17.6 Å². The predicted molar refractivity (Wildman–Crippen MR) is 95.7 cm³/mol. The number of sulfone groups is 1. The molecule has 0 bridgehead atoms. The Morgan fingerprint density at radius 3 is 2.73 bits per heavy atom. The fourth-order valence-corrected chi connectivity index (χ4v) is 4.76. The third kappa shape index (κ3) is 3.94. The van der Waals surface area contributed by atoms with Crippen LogP contribution in [0.15, 0.2) is 29.4 Å². The van der Waals surface area contributed by atoms with E-state index in [0.29, 0.717) is 17.7 Å². The molecule has 0 saturated carbocycles. The minimum absolute atomic E-state index is 0.00568. The lowest BCUT2D eigenvalue weighted by Gasteiger charge is -2.09. The number of aromatic nitrogens is 2. The van der Waals surface area contributed by atoms with E-state index in [1.807, 2.05) is 0 Å². The molecule has 1 amide bonds. The van der Waals surface area contributed by atoms with Crippen molar-refractivity contribution < 1.29 is 17.6 Å². The summed E-state index contributed by atoms with van der Waals surface area (Å²) in [6.07, 6.45) is 1.81. The second-order valence-electron chi connectivity index (χ2n) is 6.00. The van der Waals surface area contributed by atoms with Crippen LogP contribution < -0.4 is 5.43 Å². The number of nitrogens with one attached hydrogen (secondary N) is 1. The van der Waals surface area contributed by atoms with Crippen molar-refractivity contribution in [2.75, 3.05) is 11.5 Å². The summed E-state index contributed by atoms with van der Waals surface area (Å²) in [4.78, 5) is 11.9. The summed E-state index contributed by atoms with van der Waals surface area (Å²) in [7, 11) is -3.06. The molecule has 3 rings (SSSR count). The zero-order valence-electron chi connectivity index (χ0n) is 13.8. The lowest BCUT2D eigenvalue weighted by atomic mass is 10.2. The van der Waals surface area contributed by atoms with Crippen molar-refractivity contribution in [1.82, 2.24) is 15.2 Å². The molecule has 7 nitrogen and oxygen atoms in total. The van der Waals surface area contributed by atoms with E-state index in [4.69, 9.17) is 11.6 Å². The number of carbonyl (C=O) groups excluding carboxylic acids is 1. The standard InChI is InChI=1S/C16H16ClFN4O3S/c1-10-14(8-19-20-16(23)11-2-4-12(18)5-3-11)15(17)22(21-10)13-6-7-26(24,25)9-13/h2-5,8,13H,6-7,9H2,1H3,(H,20,23)/b19-8-/t13-/m0/s1. The van der Waals surface area contributed by atoms with Crippen LogP contribution in [0.3, 0.4) is 0 Å². The molecule has 1 aliphatic heterocycles. The molecule has 1 fully saturated rings. The highest BCUT2D eigenvalue weighted by Gasteiger charge is 2.31. The normalized spacial score (nSPS) is 19.1. The minimum Gasteiger partial charge on any atom is -0.267 e. The van der Waals surface area contributed by atoms with Gasteiger partial charge < -0.3 is 0 Å². The third-order valence-electron chi connectivity index (χ3n) is 4.09. The maximum absolute atomic E-state index is 12.9.